The van der Waals surface area contributed by atoms with Crippen LogP contribution in [0, 0.1) is 5.41 Å². The van der Waals surface area contributed by atoms with E-state index in [4.69, 9.17) is 0 Å². The number of aliphatic hydroxyl groups is 1. The number of carbonyl (C=O) groups excluding carboxylic acids is 1. The van der Waals surface area contributed by atoms with Gasteiger partial charge in [-0.1, -0.05) is 40.9 Å². The van der Waals surface area contributed by atoms with E-state index in [1.165, 1.54) is 0 Å². The fourth-order valence-corrected chi connectivity index (χ4v) is 3.00. The van der Waals surface area contributed by atoms with Crippen molar-refractivity contribution >= 4 is 21.8 Å². The van der Waals surface area contributed by atoms with Gasteiger partial charge in [0.25, 0.3) is 5.91 Å². The quantitative estimate of drug-likeness (QED) is 0.818. The van der Waals surface area contributed by atoms with Crippen molar-refractivity contribution in [2.45, 2.75) is 31.0 Å². The lowest BCUT2D eigenvalue weighted by atomic mass is 9.87. The van der Waals surface area contributed by atoms with Gasteiger partial charge in [0.2, 0.25) is 0 Å². The van der Waals surface area contributed by atoms with Crippen molar-refractivity contribution in [2.75, 3.05) is 13.2 Å². The summed E-state index contributed by atoms with van der Waals surface area (Å²) in [6, 6.07) is 7.57. The summed E-state index contributed by atoms with van der Waals surface area (Å²) in [4.78, 5) is 12.1. The molecule has 0 spiro atoms. The summed E-state index contributed by atoms with van der Waals surface area (Å²) in [5.41, 5.74) is 1.74. The van der Waals surface area contributed by atoms with Crippen LogP contribution in [-0.4, -0.2) is 24.2 Å². The second kappa shape index (κ2) is 6.53. The van der Waals surface area contributed by atoms with Gasteiger partial charge in [0.1, 0.15) is 0 Å². The molecule has 2 N–H and O–H groups in total. The third kappa shape index (κ3) is 3.57. The molecule has 0 aromatic heterocycles. The summed E-state index contributed by atoms with van der Waals surface area (Å²) in [6.45, 7) is 0.734. The van der Waals surface area contributed by atoms with Crippen molar-refractivity contribution in [3.05, 3.63) is 35.4 Å². The molecule has 104 valence electrons. The predicted molar refractivity (Wildman–Crippen MR) is 79.4 cm³/mol. The standard InChI is InChI=1S/C15H20BrNO2/c16-9-12-3-5-13(6-4-12)14(19)17-10-15(11-18)7-1-2-8-15/h3-6,18H,1-2,7-11H2,(H,17,19). The molecule has 19 heavy (non-hydrogen) atoms. The molecular formula is C15H20BrNO2. The van der Waals surface area contributed by atoms with Crippen LogP contribution < -0.4 is 5.32 Å². The van der Waals surface area contributed by atoms with Gasteiger partial charge >= 0.3 is 0 Å². The summed E-state index contributed by atoms with van der Waals surface area (Å²) < 4.78 is 0. The van der Waals surface area contributed by atoms with E-state index in [2.05, 4.69) is 21.2 Å². The second-order valence-corrected chi connectivity index (χ2v) is 5.94. The van der Waals surface area contributed by atoms with E-state index < -0.39 is 0 Å². The molecule has 0 heterocycles. The van der Waals surface area contributed by atoms with Crippen LogP contribution in [0.25, 0.3) is 0 Å². The fraction of sp³-hybridized carbons (Fsp3) is 0.533. The molecule has 0 saturated heterocycles. The number of amides is 1. The van der Waals surface area contributed by atoms with Crippen molar-refractivity contribution in [3.8, 4) is 0 Å². The van der Waals surface area contributed by atoms with E-state index in [1.807, 2.05) is 24.3 Å². The van der Waals surface area contributed by atoms with Crippen LogP contribution in [0.1, 0.15) is 41.6 Å². The van der Waals surface area contributed by atoms with Gasteiger partial charge in [-0.25, -0.2) is 0 Å². The Labute approximate surface area is 122 Å². The number of hydrogen-bond acceptors (Lipinski definition) is 2. The van der Waals surface area contributed by atoms with E-state index in [-0.39, 0.29) is 17.9 Å². The molecule has 3 nitrogen and oxygen atoms in total. The third-order valence-corrected chi connectivity index (χ3v) is 4.64. The number of aliphatic hydroxyl groups excluding tert-OH is 1. The maximum atomic E-state index is 12.1. The maximum Gasteiger partial charge on any atom is 0.251 e. The number of hydrogen-bond donors (Lipinski definition) is 2. The van der Waals surface area contributed by atoms with E-state index in [1.54, 1.807) is 0 Å². The lowest BCUT2D eigenvalue weighted by Crippen LogP contribution is -2.38. The average Bonchev–Trinajstić information content (AvgIpc) is 2.94. The van der Waals surface area contributed by atoms with E-state index in [0.717, 1.165) is 36.6 Å². The van der Waals surface area contributed by atoms with Crippen molar-refractivity contribution in [1.29, 1.82) is 0 Å². The topological polar surface area (TPSA) is 49.3 Å². The van der Waals surface area contributed by atoms with Gasteiger partial charge in [0, 0.05) is 22.9 Å². The Kier molecular flexibility index (Phi) is 4.99. The predicted octanol–water partition coefficient (Wildman–Crippen LogP) is 2.86. The molecule has 1 aliphatic rings. The Bertz CT molecular complexity index is 424. The summed E-state index contributed by atoms with van der Waals surface area (Å²) >= 11 is 3.38. The fourth-order valence-electron chi connectivity index (χ4n) is 2.63. The molecule has 0 aliphatic heterocycles. The molecule has 0 unspecified atom stereocenters. The minimum atomic E-state index is -0.0918. The highest BCUT2D eigenvalue weighted by molar-refractivity contribution is 9.08. The normalized spacial score (nSPS) is 17.4. The zero-order chi connectivity index (χ0) is 13.7. The van der Waals surface area contributed by atoms with Gasteiger partial charge in [0.05, 0.1) is 6.61 Å². The van der Waals surface area contributed by atoms with Gasteiger partial charge in [-0.15, -0.1) is 0 Å². The summed E-state index contributed by atoms with van der Waals surface area (Å²) in [6.07, 6.45) is 4.31. The highest BCUT2D eigenvalue weighted by Crippen LogP contribution is 2.36. The molecule has 1 saturated carbocycles. The molecular weight excluding hydrogens is 306 g/mol. The first kappa shape index (κ1) is 14.5. The first-order chi connectivity index (χ1) is 9.19. The molecule has 1 fully saturated rings. The number of alkyl halides is 1. The highest BCUT2D eigenvalue weighted by atomic mass is 79.9. The van der Waals surface area contributed by atoms with Crippen molar-refractivity contribution < 1.29 is 9.90 Å². The van der Waals surface area contributed by atoms with E-state index in [0.29, 0.717) is 12.1 Å². The Balaban J connectivity index is 1.93. The van der Waals surface area contributed by atoms with Crippen LogP contribution in [0.15, 0.2) is 24.3 Å². The number of halogens is 1. The van der Waals surface area contributed by atoms with Gasteiger partial charge in [-0.05, 0) is 30.5 Å². The van der Waals surface area contributed by atoms with Gasteiger partial charge in [-0.3, -0.25) is 4.79 Å². The first-order valence-corrected chi connectivity index (χ1v) is 7.85. The Morgan fingerprint density at radius 2 is 1.89 bits per heavy atom. The van der Waals surface area contributed by atoms with Crippen LogP contribution in [0.4, 0.5) is 0 Å². The molecule has 4 heteroatoms. The Morgan fingerprint density at radius 1 is 1.26 bits per heavy atom. The monoisotopic (exact) mass is 325 g/mol. The smallest absolute Gasteiger partial charge is 0.251 e. The summed E-state index contributed by atoms with van der Waals surface area (Å²) in [5.74, 6) is -0.0548. The second-order valence-electron chi connectivity index (χ2n) is 5.38. The van der Waals surface area contributed by atoms with Gasteiger partial charge in [-0.2, -0.15) is 0 Å². The van der Waals surface area contributed by atoms with Gasteiger partial charge < -0.3 is 10.4 Å². The first-order valence-electron chi connectivity index (χ1n) is 6.73. The zero-order valence-corrected chi connectivity index (χ0v) is 12.6. The van der Waals surface area contributed by atoms with Crippen LogP contribution in [0.5, 0.6) is 0 Å². The summed E-state index contributed by atoms with van der Waals surface area (Å²) in [5, 5.41) is 13.3. The van der Waals surface area contributed by atoms with E-state index in [9.17, 15) is 9.90 Å². The number of rotatable bonds is 5. The minimum absolute atomic E-state index is 0.0548. The lowest BCUT2D eigenvalue weighted by molar-refractivity contribution is 0.0880. The van der Waals surface area contributed by atoms with Crippen LogP contribution in [-0.2, 0) is 5.33 Å². The minimum Gasteiger partial charge on any atom is -0.396 e. The lowest BCUT2D eigenvalue weighted by Gasteiger charge is -2.26. The number of benzene rings is 1. The van der Waals surface area contributed by atoms with Crippen molar-refractivity contribution in [2.24, 2.45) is 5.41 Å². The molecule has 1 aromatic rings. The maximum absolute atomic E-state index is 12.1. The largest absolute Gasteiger partial charge is 0.396 e. The number of carbonyl (C=O) groups is 1. The van der Waals surface area contributed by atoms with Gasteiger partial charge in [0.15, 0.2) is 0 Å². The molecule has 1 aliphatic carbocycles. The molecule has 1 aromatic carbocycles. The molecule has 0 bridgehead atoms. The molecule has 1 amide bonds. The molecule has 0 atom stereocenters. The number of nitrogens with one attached hydrogen (secondary N) is 1. The van der Waals surface area contributed by atoms with Crippen LogP contribution in [0.3, 0.4) is 0 Å². The highest BCUT2D eigenvalue weighted by Gasteiger charge is 2.33. The summed E-state index contributed by atoms with van der Waals surface area (Å²) in [7, 11) is 0. The molecule has 2 rings (SSSR count). The Morgan fingerprint density at radius 3 is 2.42 bits per heavy atom. The third-order valence-electron chi connectivity index (χ3n) is 3.99. The van der Waals surface area contributed by atoms with E-state index >= 15 is 0 Å². The van der Waals surface area contributed by atoms with Crippen LogP contribution in [0.2, 0.25) is 0 Å². The SMILES string of the molecule is O=C(NCC1(CO)CCCC1)c1ccc(CBr)cc1. The zero-order valence-electron chi connectivity index (χ0n) is 11.0. The molecule has 0 radical (unpaired) electrons. The average molecular weight is 326 g/mol. The van der Waals surface area contributed by atoms with Crippen LogP contribution >= 0.6 is 15.9 Å². The van der Waals surface area contributed by atoms with Crippen molar-refractivity contribution in [3.63, 3.8) is 0 Å². The van der Waals surface area contributed by atoms with Crippen molar-refractivity contribution in [1.82, 2.24) is 5.32 Å². The Hall–Kier alpha value is -0.870.